The second-order valence-electron chi connectivity index (χ2n) is 6.92. The third kappa shape index (κ3) is 3.82. The molecule has 1 aromatic carbocycles. The van der Waals surface area contributed by atoms with Gasteiger partial charge in [0.1, 0.15) is 0 Å². The van der Waals surface area contributed by atoms with Gasteiger partial charge in [0.15, 0.2) is 5.82 Å². The number of rotatable bonds is 6. The predicted octanol–water partition coefficient (Wildman–Crippen LogP) is 3.57. The van der Waals surface area contributed by atoms with E-state index >= 15 is 0 Å². The minimum atomic E-state index is 0.0544. The fourth-order valence-corrected chi connectivity index (χ4v) is 3.32. The Hall–Kier alpha value is -2.95. The quantitative estimate of drug-likeness (QED) is 0.742. The van der Waals surface area contributed by atoms with Crippen molar-refractivity contribution < 1.29 is 4.79 Å². The molecular weight excluding hydrogens is 324 g/mol. The van der Waals surface area contributed by atoms with E-state index in [0.29, 0.717) is 11.7 Å². The van der Waals surface area contributed by atoms with Crippen LogP contribution in [-0.4, -0.2) is 20.7 Å². The van der Waals surface area contributed by atoms with E-state index in [1.807, 2.05) is 29.1 Å². The van der Waals surface area contributed by atoms with Crippen molar-refractivity contribution in [3.8, 4) is 0 Å². The van der Waals surface area contributed by atoms with Crippen molar-refractivity contribution >= 4 is 11.7 Å². The van der Waals surface area contributed by atoms with Crippen LogP contribution in [-0.2, 0) is 17.8 Å². The predicted molar refractivity (Wildman–Crippen MR) is 101 cm³/mol. The van der Waals surface area contributed by atoms with Crippen molar-refractivity contribution in [1.29, 1.82) is 0 Å². The molecule has 0 aliphatic heterocycles. The van der Waals surface area contributed by atoms with Gasteiger partial charge in [-0.05, 0) is 48.9 Å². The van der Waals surface area contributed by atoms with Gasteiger partial charge in [0, 0.05) is 37.1 Å². The lowest BCUT2D eigenvalue weighted by molar-refractivity contribution is -0.117. The van der Waals surface area contributed by atoms with E-state index in [1.165, 1.54) is 16.7 Å². The number of aromatic nitrogens is 3. The Morgan fingerprint density at radius 3 is 2.88 bits per heavy atom. The van der Waals surface area contributed by atoms with E-state index in [4.69, 9.17) is 0 Å². The van der Waals surface area contributed by atoms with Gasteiger partial charge in [0.25, 0.3) is 0 Å². The first-order valence-electron chi connectivity index (χ1n) is 8.99. The van der Waals surface area contributed by atoms with Crippen molar-refractivity contribution in [3.63, 3.8) is 0 Å². The molecule has 1 saturated carbocycles. The number of benzene rings is 1. The molecule has 2 heterocycles. The summed E-state index contributed by atoms with van der Waals surface area (Å²) in [6.45, 7) is 2.86. The van der Waals surface area contributed by atoms with Crippen LogP contribution < -0.4 is 5.32 Å². The average molecular weight is 346 g/mol. The number of pyridine rings is 1. The molecule has 0 spiro atoms. The van der Waals surface area contributed by atoms with Gasteiger partial charge in [-0.15, -0.1) is 0 Å². The minimum Gasteiger partial charge on any atom is -0.309 e. The van der Waals surface area contributed by atoms with Crippen molar-refractivity contribution in [1.82, 2.24) is 14.8 Å². The summed E-state index contributed by atoms with van der Waals surface area (Å²) in [4.78, 5) is 16.5. The van der Waals surface area contributed by atoms with Gasteiger partial charge < -0.3 is 5.32 Å². The highest BCUT2D eigenvalue weighted by molar-refractivity contribution is 5.94. The molecule has 1 aliphatic carbocycles. The van der Waals surface area contributed by atoms with Crippen LogP contribution in [0.3, 0.4) is 0 Å². The van der Waals surface area contributed by atoms with E-state index < -0.39 is 0 Å². The van der Waals surface area contributed by atoms with Gasteiger partial charge in [-0.3, -0.25) is 14.5 Å². The summed E-state index contributed by atoms with van der Waals surface area (Å²) in [7, 11) is 0. The highest BCUT2D eigenvalue weighted by Gasteiger charge is 2.44. The number of aryl methyl sites for hydroxylation is 3. The van der Waals surface area contributed by atoms with Crippen LogP contribution >= 0.6 is 0 Å². The summed E-state index contributed by atoms with van der Waals surface area (Å²) in [5.74, 6) is 1.08. The molecule has 1 amide bonds. The van der Waals surface area contributed by atoms with E-state index in [1.54, 1.807) is 12.4 Å². The Morgan fingerprint density at radius 1 is 1.23 bits per heavy atom. The molecule has 5 nitrogen and oxygen atoms in total. The normalized spacial score (nSPS) is 18.5. The number of nitrogens with zero attached hydrogens (tertiary/aromatic N) is 3. The molecule has 1 aliphatic rings. The van der Waals surface area contributed by atoms with Crippen LogP contribution in [0.1, 0.15) is 29.0 Å². The van der Waals surface area contributed by atoms with Crippen LogP contribution in [0.4, 0.5) is 5.82 Å². The first kappa shape index (κ1) is 16.5. The van der Waals surface area contributed by atoms with E-state index in [2.05, 4.69) is 46.6 Å². The van der Waals surface area contributed by atoms with Crippen molar-refractivity contribution in [2.75, 3.05) is 5.32 Å². The number of hydrogen-bond acceptors (Lipinski definition) is 3. The first-order chi connectivity index (χ1) is 12.7. The standard InChI is InChI=1S/C21H22N4O/c1-15-3-2-4-17(13-15)18-14-19(18)21(26)23-20-8-12-25(24-20)11-7-16-5-9-22-10-6-16/h2-6,8-10,12-13,18-19H,7,11,14H2,1H3,(H,23,24,26)/t18-,19-/m0/s1. The Bertz CT molecular complexity index is 903. The maximum Gasteiger partial charge on any atom is 0.229 e. The third-order valence-corrected chi connectivity index (χ3v) is 4.87. The number of carbonyl (C=O) groups excluding carboxylic acids is 1. The fourth-order valence-electron chi connectivity index (χ4n) is 3.32. The Kier molecular flexibility index (Phi) is 4.52. The molecule has 0 bridgehead atoms. The topological polar surface area (TPSA) is 59.8 Å². The highest BCUT2D eigenvalue weighted by Crippen LogP contribution is 2.48. The Labute approximate surface area is 153 Å². The van der Waals surface area contributed by atoms with Crippen LogP contribution in [0.25, 0.3) is 0 Å². The molecule has 0 saturated heterocycles. The Morgan fingerprint density at radius 2 is 2.08 bits per heavy atom. The molecule has 4 rings (SSSR count). The fraction of sp³-hybridized carbons (Fsp3) is 0.286. The van der Waals surface area contributed by atoms with Crippen molar-refractivity contribution in [3.05, 3.63) is 77.7 Å². The largest absolute Gasteiger partial charge is 0.309 e. The number of carbonyl (C=O) groups is 1. The lowest BCUT2D eigenvalue weighted by atomic mass is 10.1. The van der Waals surface area contributed by atoms with Crippen molar-refractivity contribution in [2.24, 2.45) is 5.92 Å². The summed E-state index contributed by atoms with van der Waals surface area (Å²) in [6.07, 6.45) is 7.30. The smallest absolute Gasteiger partial charge is 0.229 e. The molecule has 1 fully saturated rings. The molecule has 26 heavy (non-hydrogen) atoms. The van der Waals surface area contributed by atoms with Crippen LogP contribution in [0, 0.1) is 12.8 Å². The third-order valence-electron chi connectivity index (χ3n) is 4.87. The zero-order valence-corrected chi connectivity index (χ0v) is 14.8. The molecule has 2 atom stereocenters. The van der Waals surface area contributed by atoms with E-state index in [9.17, 15) is 4.79 Å². The van der Waals surface area contributed by atoms with Gasteiger partial charge in [-0.25, -0.2) is 0 Å². The summed E-state index contributed by atoms with van der Waals surface area (Å²) in [5.41, 5.74) is 3.72. The summed E-state index contributed by atoms with van der Waals surface area (Å²) < 4.78 is 1.86. The van der Waals surface area contributed by atoms with Crippen LogP contribution in [0.2, 0.25) is 0 Å². The molecule has 1 N–H and O–H groups in total. The maximum atomic E-state index is 12.5. The zero-order chi connectivity index (χ0) is 17.9. The summed E-state index contributed by atoms with van der Waals surface area (Å²) in [6, 6.07) is 14.3. The number of hydrogen-bond donors (Lipinski definition) is 1. The van der Waals surface area contributed by atoms with Crippen LogP contribution in [0.15, 0.2) is 61.1 Å². The zero-order valence-electron chi connectivity index (χ0n) is 14.8. The second kappa shape index (κ2) is 7.12. The van der Waals surface area contributed by atoms with Gasteiger partial charge in [0.05, 0.1) is 0 Å². The summed E-state index contributed by atoms with van der Waals surface area (Å²) >= 11 is 0. The monoisotopic (exact) mass is 346 g/mol. The molecule has 5 heteroatoms. The van der Waals surface area contributed by atoms with Crippen molar-refractivity contribution in [2.45, 2.75) is 32.2 Å². The molecule has 0 radical (unpaired) electrons. The molecule has 132 valence electrons. The molecule has 2 aromatic heterocycles. The SMILES string of the molecule is Cc1cccc([C@@H]2C[C@@H]2C(=O)Nc2ccn(CCc3ccncc3)n2)c1. The number of amides is 1. The van der Waals surface area contributed by atoms with E-state index in [-0.39, 0.29) is 11.8 Å². The maximum absolute atomic E-state index is 12.5. The average Bonchev–Trinajstić information content (AvgIpc) is 3.35. The van der Waals surface area contributed by atoms with Gasteiger partial charge in [-0.1, -0.05) is 29.8 Å². The second-order valence-corrected chi connectivity index (χ2v) is 6.92. The first-order valence-corrected chi connectivity index (χ1v) is 8.99. The van der Waals surface area contributed by atoms with Gasteiger partial charge in [-0.2, -0.15) is 5.10 Å². The van der Waals surface area contributed by atoms with Gasteiger partial charge >= 0.3 is 0 Å². The van der Waals surface area contributed by atoms with Crippen LogP contribution in [0.5, 0.6) is 0 Å². The number of nitrogens with one attached hydrogen (secondary N) is 1. The Balaban J connectivity index is 1.31. The lowest BCUT2D eigenvalue weighted by Gasteiger charge is -2.04. The molecular formula is C21H22N4O. The molecule has 0 unspecified atom stereocenters. The molecule has 3 aromatic rings. The van der Waals surface area contributed by atoms with E-state index in [0.717, 1.165) is 19.4 Å². The number of anilines is 1. The van der Waals surface area contributed by atoms with Gasteiger partial charge in [0.2, 0.25) is 5.91 Å². The minimum absolute atomic E-state index is 0.0544. The highest BCUT2D eigenvalue weighted by atomic mass is 16.2. The lowest BCUT2D eigenvalue weighted by Crippen LogP contribution is -2.15. The summed E-state index contributed by atoms with van der Waals surface area (Å²) in [5, 5.41) is 7.41.